The molecule has 3 heterocycles. The summed E-state index contributed by atoms with van der Waals surface area (Å²) >= 11 is 0. The highest BCUT2D eigenvalue weighted by molar-refractivity contribution is 5.81. The van der Waals surface area contributed by atoms with Gasteiger partial charge in [-0.1, -0.05) is 0 Å². The molecule has 1 saturated heterocycles. The highest BCUT2D eigenvalue weighted by atomic mass is 16.5. The summed E-state index contributed by atoms with van der Waals surface area (Å²) in [5.74, 6) is 0.494. The lowest BCUT2D eigenvalue weighted by atomic mass is 10.2. The Hall–Kier alpha value is -2.28. The first kappa shape index (κ1) is 13.7. The van der Waals surface area contributed by atoms with Crippen LogP contribution in [0.5, 0.6) is 0 Å². The summed E-state index contributed by atoms with van der Waals surface area (Å²) in [6.45, 7) is 4.24. The molecule has 21 heavy (non-hydrogen) atoms. The van der Waals surface area contributed by atoms with Crippen LogP contribution in [-0.2, 0) is 9.53 Å². The monoisotopic (exact) mass is 287 g/mol. The minimum Gasteiger partial charge on any atom is -0.464 e. The van der Waals surface area contributed by atoms with Gasteiger partial charge in [0.2, 0.25) is 0 Å². The van der Waals surface area contributed by atoms with E-state index in [-0.39, 0.29) is 12.0 Å². The van der Waals surface area contributed by atoms with Crippen molar-refractivity contribution >= 4 is 23.0 Å². The highest BCUT2D eigenvalue weighted by Gasteiger charge is 2.30. The number of pyridine rings is 1. The van der Waals surface area contributed by atoms with Gasteiger partial charge in [-0.3, -0.25) is 4.98 Å². The lowest BCUT2D eigenvalue weighted by Gasteiger charge is -2.35. The second-order valence-electron chi connectivity index (χ2n) is 4.73. The quantitative estimate of drug-likeness (QED) is 0.817. The summed E-state index contributed by atoms with van der Waals surface area (Å²) < 4.78 is 5.14. The fraction of sp³-hybridized carbons (Fsp3) is 0.429. The van der Waals surface area contributed by atoms with Crippen molar-refractivity contribution in [3.8, 4) is 0 Å². The van der Waals surface area contributed by atoms with E-state index in [0.717, 1.165) is 17.9 Å². The number of esters is 1. The summed E-state index contributed by atoms with van der Waals surface area (Å²) in [7, 11) is 0. The van der Waals surface area contributed by atoms with Gasteiger partial charge in [0.15, 0.2) is 5.65 Å². The molecule has 7 heteroatoms. The van der Waals surface area contributed by atoms with Gasteiger partial charge in [-0.2, -0.15) is 0 Å². The van der Waals surface area contributed by atoms with Gasteiger partial charge >= 0.3 is 5.97 Å². The number of nitrogens with one attached hydrogen (secondary N) is 1. The molecule has 0 aromatic carbocycles. The Balaban J connectivity index is 1.92. The Morgan fingerprint density at radius 2 is 2.29 bits per heavy atom. The molecule has 1 N–H and O–H groups in total. The van der Waals surface area contributed by atoms with Crippen LogP contribution in [0.3, 0.4) is 0 Å². The van der Waals surface area contributed by atoms with Crippen LogP contribution in [0.4, 0.5) is 5.82 Å². The number of hydrogen-bond acceptors (Lipinski definition) is 7. The number of aromatic nitrogens is 3. The summed E-state index contributed by atoms with van der Waals surface area (Å²) in [5, 5.41) is 3.21. The first-order valence-electron chi connectivity index (χ1n) is 7.01. The Morgan fingerprint density at radius 1 is 1.43 bits per heavy atom. The molecular weight excluding hydrogens is 270 g/mol. The molecule has 1 atom stereocenters. The number of fused-ring (bicyclic) bond motifs is 1. The van der Waals surface area contributed by atoms with Crippen LogP contribution in [0.15, 0.2) is 24.5 Å². The number of piperazine rings is 1. The molecule has 2 aromatic rings. The molecule has 0 radical (unpaired) electrons. The third-order valence-corrected chi connectivity index (χ3v) is 3.41. The van der Waals surface area contributed by atoms with Crippen molar-refractivity contribution in [1.29, 1.82) is 0 Å². The predicted molar refractivity (Wildman–Crippen MR) is 78.0 cm³/mol. The third-order valence-electron chi connectivity index (χ3n) is 3.41. The van der Waals surface area contributed by atoms with Gasteiger partial charge in [0.25, 0.3) is 0 Å². The van der Waals surface area contributed by atoms with Crippen molar-refractivity contribution < 1.29 is 9.53 Å². The van der Waals surface area contributed by atoms with Gasteiger partial charge in [-0.05, 0) is 19.1 Å². The van der Waals surface area contributed by atoms with Gasteiger partial charge in [0.1, 0.15) is 17.4 Å². The standard InChI is InChI=1S/C14H17N5O2/c1-2-21-14(20)11-9-15-7-8-19(11)12-4-3-10-13(18-12)17-6-5-16-10/h3-6,11,15H,2,7-9H2,1H3. The van der Waals surface area contributed by atoms with Crippen molar-refractivity contribution in [3.05, 3.63) is 24.5 Å². The van der Waals surface area contributed by atoms with Crippen LogP contribution >= 0.6 is 0 Å². The SMILES string of the molecule is CCOC(=O)C1CNCCN1c1ccc2nccnc2n1. The van der Waals surface area contributed by atoms with E-state index in [2.05, 4.69) is 20.3 Å². The molecule has 1 unspecified atom stereocenters. The zero-order valence-corrected chi connectivity index (χ0v) is 11.8. The number of nitrogens with zero attached hydrogens (tertiary/aromatic N) is 4. The van der Waals surface area contributed by atoms with Crippen LogP contribution in [0.25, 0.3) is 11.2 Å². The molecule has 0 spiro atoms. The second-order valence-corrected chi connectivity index (χ2v) is 4.73. The fourth-order valence-corrected chi connectivity index (χ4v) is 2.43. The number of carbonyl (C=O) groups is 1. The topological polar surface area (TPSA) is 80.2 Å². The van der Waals surface area contributed by atoms with Gasteiger partial charge in [-0.25, -0.2) is 14.8 Å². The Labute approximate surface area is 122 Å². The number of carbonyl (C=O) groups excluding carboxylic acids is 1. The van der Waals surface area contributed by atoms with Gasteiger partial charge in [0.05, 0.1) is 6.61 Å². The van der Waals surface area contributed by atoms with Crippen molar-refractivity contribution in [2.24, 2.45) is 0 Å². The van der Waals surface area contributed by atoms with Crippen LogP contribution in [0.1, 0.15) is 6.92 Å². The maximum atomic E-state index is 12.1. The van der Waals surface area contributed by atoms with Crippen molar-refractivity contribution in [2.45, 2.75) is 13.0 Å². The minimum absolute atomic E-state index is 0.231. The number of anilines is 1. The molecule has 1 aliphatic rings. The molecule has 2 aromatic heterocycles. The molecule has 0 amide bonds. The van der Waals surface area contributed by atoms with E-state index >= 15 is 0 Å². The summed E-state index contributed by atoms with van der Waals surface area (Å²) in [6.07, 6.45) is 3.25. The Kier molecular flexibility index (Phi) is 3.92. The van der Waals surface area contributed by atoms with Crippen molar-refractivity contribution in [1.82, 2.24) is 20.3 Å². The second kappa shape index (κ2) is 6.01. The molecule has 7 nitrogen and oxygen atoms in total. The molecule has 0 aliphatic carbocycles. The summed E-state index contributed by atoms with van der Waals surface area (Å²) in [6, 6.07) is 3.38. The third kappa shape index (κ3) is 2.78. The Morgan fingerprint density at radius 3 is 3.14 bits per heavy atom. The predicted octanol–water partition coefficient (Wildman–Crippen LogP) is 0.366. The van der Waals surface area contributed by atoms with Crippen LogP contribution in [-0.4, -0.2) is 53.2 Å². The summed E-state index contributed by atoms with van der Waals surface area (Å²) in [4.78, 5) is 27.0. The van der Waals surface area contributed by atoms with Gasteiger partial charge in [0, 0.05) is 32.0 Å². The molecule has 0 bridgehead atoms. The van der Waals surface area contributed by atoms with E-state index in [4.69, 9.17) is 4.74 Å². The van der Waals surface area contributed by atoms with E-state index < -0.39 is 0 Å². The molecule has 110 valence electrons. The molecule has 0 saturated carbocycles. The number of ether oxygens (including phenoxy) is 1. The van der Waals surface area contributed by atoms with Crippen LogP contribution in [0, 0.1) is 0 Å². The zero-order valence-electron chi connectivity index (χ0n) is 11.8. The molecular formula is C14H17N5O2. The summed E-state index contributed by atoms with van der Waals surface area (Å²) in [5.41, 5.74) is 1.32. The van der Waals surface area contributed by atoms with Gasteiger partial charge < -0.3 is 15.0 Å². The lowest BCUT2D eigenvalue weighted by molar-refractivity contribution is -0.144. The smallest absolute Gasteiger partial charge is 0.330 e. The van der Waals surface area contributed by atoms with E-state index in [9.17, 15) is 4.79 Å². The maximum Gasteiger partial charge on any atom is 0.330 e. The molecule has 1 aliphatic heterocycles. The van der Waals surface area contributed by atoms with E-state index in [1.54, 1.807) is 12.4 Å². The van der Waals surface area contributed by atoms with E-state index in [1.807, 2.05) is 24.0 Å². The van der Waals surface area contributed by atoms with Crippen molar-refractivity contribution in [3.63, 3.8) is 0 Å². The van der Waals surface area contributed by atoms with Gasteiger partial charge in [-0.15, -0.1) is 0 Å². The molecule has 3 rings (SSSR count). The normalized spacial score (nSPS) is 18.7. The maximum absolute atomic E-state index is 12.1. The van der Waals surface area contributed by atoms with Crippen LogP contribution in [0.2, 0.25) is 0 Å². The van der Waals surface area contributed by atoms with Crippen molar-refractivity contribution in [2.75, 3.05) is 31.1 Å². The number of hydrogen-bond donors (Lipinski definition) is 1. The first-order valence-corrected chi connectivity index (χ1v) is 7.01. The van der Waals surface area contributed by atoms with E-state index in [0.29, 0.717) is 25.3 Å². The average Bonchev–Trinajstić information content (AvgIpc) is 2.54. The van der Waals surface area contributed by atoms with E-state index in [1.165, 1.54) is 0 Å². The fourth-order valence-electron chi connectivity index (χ4n) is 2.43. The Bertz CT molecular complexity index is 648. The lowest BCUT2D eigenvalue weighted by Crippen LogP contribution is -2.56. The highest BCUT2D eigenvalue weighted by Crippen LogP contribution is 2.19. The average molecular weight is 287 g/mol. The molecule has 1 fully saturated rings. The minimum atomic E-state index is -0.361. The van der Waals surface area contributed by atoms with Crippen LogP contribution < -0.4 is 10.2 Å². The number of rotatable bonds is 3. The first-order chi connectivity index (χ1) is 10.3. The zero-order chi connectivity index (χ0) is 14.7. The largest absolute Gasteiger partial charge is 0.464 e.